The Hall–Kier alpha value is -2.60. The van der Waals surface area contributed by atoms with Gasteiger partial charge in [0.25, 0.3) is 5.91 Å². The predicted octanol–water partition coefficient (Wildman–Crippen LogP) is 3.50. The van der Waals surface area contributed by atoms with Crippen molar-refractivity contribution >= 4 is 29.2 Å². The first-order valence-electron chi connectivity index (χ1n) is 10.6. The number of rotatable bonds is 5. The minimum absolute atomic E-state index is 0.00275. The Labute approximate surface area is 182 Å². The lowest BCUT2D eigenvalue weighted by Crippen LogP contribution is -2.40. The summed E-state index contributed by atoms with van der Waals surface area (Å²) in [6.45, 7) is 3.71. The molecule has 0 aliphatic carbocycles. The summed E-state index contributed by atoms with van der Waals surface area (Å²) >= 11 is 5.90. The molecule has 2 aromatic rings. The standard InChI is InChI=1S/C23H27ClN4O2/c24-20-5-3-17(4-6-20)16-26-22(29)18-8-13-27(14-9-18)21-15-19(7-10-25-21)23(30)28-11-1-2-12-28/h3-7,10,15,18H,1-2,8-9,11-14,16H2,(H,26,29). The predicted molar refractivity (Wildman–Crippen MR) is 118 cm³/mol. The summed E-state index contributed by atoms with van der Waals surface area (Å²) in [4.78, 5) is 33.8. The number of likely N-dealkylation sites (tertiary alicyclic amines) is 1. The van der Waals surface area contributed by atoms with Crippen LogP contribution in [0.2, 0.25) is 5.02 Å². The topological polar surface area (TPSA) is 65.5 Å². The molecule has 6 nitrogen and oxygen atoms in total. The number of hydrogen-bond donors (Lipinski definition) is 1. The zero-order valence-electron chi connectivity index (χ0n) is 17.0. The number of pyridine rings is 1. The Morgan fingerprint density at radius 1 is 1.03 bits per heavy atom. The summed E-state index contributed by atoms with van der Waals surface area (Å²) < 4.78 is 0. The zero-order chi connectivity index (χ0) is 20.9. The molecule has 0 spiro atoms. The van der Waals surface area contributed by atoms with Gasteiger partial charge in [0, 0.05) is 55.4 Å². The molecule has 0 radical (unpaired) electrons. The molecule has 2 saturated heterocycles. The maximum absolute atomic E-state index is 12.7. The Morgan fingerprint density at radius 2 is 1.73 bits per heavy atom. The van der Waals surface area contributed by atoms with E-state index < -0.39 is 0 Å². The molecule has 4 rings (SSSR count). The normalized spacial score (nSPS) is 17.2. The Balaban J connectivity index is 1.29. The molecule has 1 N–H and O–H groups in total. The van der Waals surface area contributed by atoms with E-state index >= 15 is 0 Å². The molecule has 2 fully saturated rings. The van der Waals surface area contributed by atoms with Crippen LogP contribution < -0.4 is 10.2 Å². The lowest BCUT2D eigenvalue weighted by Gasteiger charge is -2.32. The minimum Gasteiger partial charge on any atom is -0.357 e. The van der Waals surface area contributed by atoms with Crippen molar-refractivity contribution in [1.29, 1.82) is 0 Å². The van der Waals surface area contributed by atoms with Crippen LogP contribution in [0.25, 0.3) is 0 Å². The van der Waals surface area contributed by atoms with E-state index in [-0.39, 0.29) is 17.7 Å². The van der Waals surface area contributed by atoms with Gasteiger partial charge in [0.1, 0.15) is 5.82 Å². The van der Waals surface area contributed by atoms with Gasteiger partial charge in [-0.15, -0.1) is 0 Å². The highest BCUT2D eigenvalue weighted by atomic mass is 35.5. The summed E-state index contributed by atoms with van der Waals surface area (Å²) in [5.41, 5.74) is 1.73. The monoisotopic (exact) mass is 426 g/mol. The first kappa shape index (κ1) is 20.7. The molecule has 2 aliphatic rings. The molecule has 3 heterocycles. The number of benzene rings is 1. The largest absolute Gasteiger partial charge is 0.357 e. The number of amides is 2. The van der Waals surface area contributed by atoms with Crippen LogP contribution in [0.15, 0.2) is 42.6 Å². The summed E-state index contributed by atoms with van der Waals surface area (Å²) in [6, 6.07) is 11.2. The molecular weight excluding hydrogens is 400 g/mol. The molecule has 0 saturated carbocycles. The van der Waals surface area contributed by atoms with Gasteiger partial charge in [0.2, 0.25) is 5.91 Å². The average molecular weight is 427 g/mol. The van der Waals surface area contributed by atoms with Crippen LogP contribution in [0.5, 0.6) is 0 Å². The van der Waals surface area contributed by atoms with Crippen molar-refractivity contribution in [3.8, 4) is 0 Å². The van der Waals surface area contributed by atoms with Gasteiger partial charge in [-0.1, -0.05) is 23.7 Å². The van der Waals surface area contributed by atoms with Gasteiger partial charge in [-0.2, -0.15) is 0 Å². The van der Waals surface area contributed by atoms with Crippen molar-refractivity contribution in [2.45, 2.75) is 32.2 Å². The SMILES string of the molecule is O=C(NCc1ccc(Cl)cc1)C1CCN(c2cc(C(=O)N3CCCC3)ccn2)CC1. The third-order valence-electron chi connectivity index (χ3n) is 5.96. The van der Waals surface area contributed by atoms with Crippen LogP contribution >= 0.6 is 11.6 Å². The van der Waals surface area contributed by atoms with Crippen LogP contribution in [0.3, 0.4) is 0 Å². The number of carbonyl (C=O) groups is 2. The second kappa shape index (κ2) is 9.47. The molecule has 30 heavy (non-hydrogen) atoms. The van der Waals surface area contributed by atoms with Crippen LogP contribution in [-0.4, -0.2) is 47.9 Å². The van der Waals surface area contributed by atoms with Crippen molar-refractivity contribution in [3.63, 3.8) is 0 Å². The molecule has 0 atom stereocenters. The van der Waals surface area contributed by atoms with E-state index in [1.807, 2.05) is 35.2 Å². The number of halogens is 1. The highest BCUT2D eigenvalue weighted by Gasteiger charge is 2.26. The Bertz CT molecular complexity index is 888. The van der Waals surface area contributed by atoms with Gasteiger partial charge in [0.05, 0.1) is 0 Å². The number of piperidine rings is 1. The van der Waals surface area contributed by atoms with Crippen LogP contribution in [0.1, 0.15) is 41.6 Å². The third-order valence-corrected chi connectivity index (χ3v) is 6.21. The average Bonchev–Trinajstić information content (AvgIpc) is 3.33. The molecule has 158 valence electrons. The lowest BCUT2D eigenvalue weighted by atomic mass is 9.95. The highest BCUT2D eigenvalue weighted by molar-refractivity contribution is 6.30. The minimum atomic E-state index is 0.00275. The third kappa shape index (κ3) is 4.93. The van der Waals surface area contributed by atoms with Crippen LogP contribution in [0, 0.1) is 5.92 Å². The van der Waals surface area contributed by atoms with E-state index in [4.69, 9.17) is 11.6 Å². The number of nitrogens with zero attached hydrogens (tertiary/aromatic N) is 3. The molecule has 0 bridgehead atoms. The maximum atomic E-state index is 12.7. The summed E-state index contributed by atoms with van der Waals surface area (Å²) in [6.07, 6.45) is 5.43. The van der Waals surface area contributed by atoms with Crippen LogP contribution in [0.4, 0.5) is 5.82 Å². The zero-order valence-corrected chi connectivity index (χ0v) is 17.8. The number of anilines is 1. The quantitative estimate of drug-likeness (QED) is 0.794. The number of aromatic nitrogens is 1. The van der Waals surface area contributed by atoms with E-state index in [1.165, 1.54) is 0 Å². The van der Waals surface area contributed by atoms with E-state index in [0.717, 1.165) is 63.2 Å². The molecule has 2 aliphatic heterocycles. The molecule has 1 aromatic heterocycles. The maximum Gasteiger partial charge on any atom is 0.254 e. The molecule has 0 unspecified atom stereocenters. The summed E-state index contributed by atoms with van der Waals surface area (Å²) in [7, 11) is 0. The first-order valence-corrected chi connectivity index (χ1v) is 11.0. The molecule has 1 aromatic carbocycles. The second-order valence-electron chi connectivity index (χ2n) is 8.01. The van der Waals surface area contributed by atoms with Crippen molar-refractivity contribution in [2.75, 3.05) is 31.1 Å². The van der Waals surface area contributed by atoms with Gasteiger partial charge < -0.3 is 15.1 Å². The van der Waals surface area contributed by atoms with Gasteiger partial charge in [-0.25, -0.2) is 4.98 Å². The Morgan fingerprint density at radius 3 is 2.43 bits per heavy atom. The van der Waals surface area contributed by atoms with E-state index in [9.17, 15) is 9.59 Å². The Kier molecular flexibility index (Phi) is 6.53. The van der Waals surface area contributed by atoms with Gasteiger partial charge in [0.15, 0.2) is 0 Å². The first-order chi connectivity index (χ1) is 14.6. The van der Waals surface area contributed by atoms with Crippen molar-refractivity contribution in [2.24, 2.45) is 5.92 Å². The van der Waals surface area contributed by atoms with Gasteiger partial charge >= 0.3 is 0 Å². The lowest BCUT2D eigenvalue weighted by molar-refractivity contribution is -0.125. The van der Waals surface area contributed by atoms with Crippen molar-refractivity contribution < 1.29 is 9.59 Å². The van der Waals surface area contributed by atoms with Crippen molar-refractivity contribution in [3.05, 3.63) is 58.7 Å². The molecule has 2 amide bonds. The molecular formula is C23H27ClN4O2. The van der Waals surface area contributed by atoms with E-state index in [0.29, 0.717) is 17.1 Å². The van der Waals surface area contributed by atoms with Gasteiger partial charge in [-0.3, -0.25) is 9.59 Å². The molecule has 7 heteroatoms. The number of carbonyl (C=O) groups excluding carboxylic acids is 2. The fraction of sp³-hybridized carbons (Fsp3) is 0.435. The van der Waals surface area contributed by atoms with Gasteiger partial charge in [-0.05, 0) is 55.5 Å². The smallest absolute Gasteiger partial charge is 0.254 e. The van der Waals surface area contributed by atoms with E-state index in [2.05, 4.69) is 15.2 Å². The van der Waals surface area contributed by atoms with Crippen molar-refractivity contribution in [1.82, 2.24) is 15.2 Å². The van der Waals surface area contributed by atoms with E-state index in [1.54, 1.807) is 12.3 Å². The summed E-state index contributed by atoms with van der Waals surface area (Å²) in [5, 5.41) is 3.72. The fourth-order valence-electron chi connectivity index (χ4n) is 4.13. The summed E-state index contributed by atoms with van der Waals surface area (Å²) in [5.74, 6) is 1.01. The van der Waals surface area contributed by atoms with Crippen LogP contribution in [-0.2, 0) is 11.3 Å². The number of hydrogen-bond acceptors (Lipinski definition) is 4. The number of nitrogens with one attached hydrogen (secondary N) is 1. The fourth-order valence-corrected chi connectivity index (χ4v) is 4.26. The highest BCUT2D eigenvalue weighted by Crippen LogP contribution is 2.23. The second-order valence-corrected chi connectivity index (χ2v) is 8.44.